The van der Waals surface area contributed by atoms with Gasteiger partial charge in [-0.15, -0.1) is 11.3 Å². The van der Waals surface area contributed by atoms with Gasteiger partial charge in [0.15, 0.2) is 0 Å². The van der Waals surface area contributed by atoms with Crippen molar-refractivity contribution in [3.8, 4) is 0 Å². The summed E-state index contributed by atoms with van der Waals surface area (Å²) in [6.45, 7) is 1.74. The van der Waals surface area contributed by atoms with Crippen molar-refractivity contribution in [2.24, 2.45) is 0 Å². The van der Waals surface area contributed by atoms with Crippen molar-refractivity contribution in [2.75, 3.05) is 0 Å². The molecule has 0 radical (unpaired) electrons. The maximum atomic E-state index is 9.32. The van der Waals surface area contributed by atoms with Gasteiger partial charge in [0.1, 0.15) is 0 Å². The number of aliphatic hydroxyl groups excluding tert-OH is 1. The van der Waals surface area contributed by atoms with Crippen LogP contribution >= 0.6 is 59.1 Å². The lowest BCUT2D eigenvalue weighted by Gasteiger charge is -2.02. The number of hydrogen-bond acceptors (Lipinski definition) is 2. The van der Waals surface area contributed by atoms with E-state index in [1.807, 2.05) is 0 Å². The fourth-order valence-electron chi connectivity index (χ4n) is 0.718. The van der Waals surface area contributed by atoms with Crippen molar-refractivity contribution in [3.63, 3.8) is 0 Å². The second-order valence-corrected chi connectivity index (χ2v) is 6.50. The van der Waals surface area contributed by atoms with Gasteiger partial charge in [-0.25, -0.2) is 0 Å². The third kappa shape index (κ3) is 2.06. The van der Waals surface area contributed by atoms with Crippen LogP contribution in [0.1, 0.15) is 18.6 Å². The van der Waals surface area contributed by atoms with Gasteiger partial charge in [-0.3, -0.25) is 0 Å². The molecule has 0 amide bonds. The minimum Gasteiger partial charge on any atom is -0.389 e. The predicted molar refractivity (Wildman–Crippen MR) is 58.1 cm³/mol. The Morgan fingerprint density at radius 2 is 1.82 bits per heavy atom. The first-order valence-corrected chi connectivity index (χ1v) is 6.04. The predicted octanol–water partition coefficient (Wildman–Crippen LogP) is 4.09. The first-order valence-electron chi connectivity index (χ1n) is 2.85. The van der Waals surface area contributed by atoms with Crippen LogP contribution in [0.5, 0.6) is 0 Å². The molecule has 1 nitrogen and oxygen atoms in total. The van der Waals surface area contributed by atoms with Gasteiger partial charge in [-0.05, 0) is 54.7 Å². The highest BCUT2D eigenvalue weighted by Crippen LogP contribution is 2.43. The molecule has 0 aliphatic heterocycles. The topological polar surface area (TPSA) is 20.2 Å². The highest BCUT2D eigenvalue weighted by atomic mass is 79.9. The summed E-state index contributed by atoms with van der Waals surface area (Å²) in [5.74, 6) is 0. The zero-order chi connectivity index (χ0) is 8.59. The largest absolute Gasteiger partial charge is 0.389 e. The van der Waals surface area contributed by atoms with E-state index in [4.69, 9.17) is 0 Å². The molecule has 62 valence electrons. The Kier molecular flexibility index (Phi) is 3.58. The second kappa shape index (κ2) is 3.87. The number of halogens is 3. The zero-order valence-corrected chi connectivity index (χ0v) is 11.1. The summed E-state index contributed by atoms with van der Waals surface area (Å²) >= 11 is 11.7. The maximum absolute atomic E-state index is 9.32. The van der Waals surface area contributed by atoms with Gasteiger partial charge in [-0.1, -0.05) is 0 Å². The third-order valence-electron chi connectivity index (χ3n) is 1.22. The van der Waals surface area contributed by atoms with Gasteiger partial charge in [0.25, 0.3) is 0 Å². The molecule has 1 aromatic rings. The van der Waals surface area contributed by atoms with Gasteiger partial charge in [0.05, 0.1) is 13.7 Å². The third-order valence-corrected chi connectivity index (χ3v) is 5.41. The molecular weight excluding hydrogens is 360 g/mol. The molecule has 1 N–H and O–H groups in total. The van der Waals surface area contributed by atoms with Crippen molar-refractivity contribution in [3.05, 3.63) is 17.6 Å². The number of thiophene rings is 1. The summed E-state index contributed by atoms with van der Waals surface area (Å²) < 4.78 is 2.90. The Morgan fingerprint density at radius 3 is 2.00 bits per heavy atom. The van der Waals surface area contributed by atoms with E-state index < -0.39 is 6.10 Å². The number of hydrogen-bond donors (Lipinski definition) is 1. The summed E-state index contributed by atoms with van der Waals surface area (Å²) in [6.07, 6.45) is -0.443. The van der Waals surface area contributed by atoms with Crippen LogP contribution in [-0.4, -0.2) is 5.11 Å². The Bertz CT molecular complexity index is 269. The van der Waals surface area contributed by atoms with Gasteiger partial charge in [0, 0.05) is 10.0 Å². The molecule has 1 rings (SSSR count). The van der Waals surface area contributed by atoms with Crippen LogP contribution in [0, 0.1) is 0 Å². The molecule has 0 bridgehead atoms. The quantitative estimate of drug-likeness (QED) is 0.795. The lowest BCUT2D eigenvalue weighted by molar-refractivity contribution is 0.198. The molecule has 0 spiro atoms. The Hall–Kier alpha value is 1.10. The first kappa shape index (κ1) is 10.2. The second-order valence-electron chi connectivity index (χ2n) is 2.05. The lowest BCUT2D eigenvalue weighted by Crippen LogP contribution is -1.89. The van der Waals surface area contributed by atoms with Crippen LogP contribution in [0.25, 0.3) is 0 Å². The Balaban J connectivity index is 3.22. The van der Waals surface area contributed by atoms with Gasteiger partial charge >= 0.3 is 0 Å². The van der Waals surface area contributed by atoms with Gasteiger partial charge in [-0.2, -0.15) is 0 Å². The molecule has 0 aliphatic rings. The van der Waals surface area contributed by atoms with E-state index in [1.165, 1.54) is 0 Å². The van der Waals surface area contributed by atoms with E-state index in [-0.39, 0.29) is 0 Å². The smallest absolute Gasteiger partial charge is 0.0856 e. The summed E-state index contributed by atoms with van der Waals surface area (Å²) in [7, 11) is 0. The summed E-state index contributed by atoms with van der Waals surface area (Å²) in [6, 6.07) is 0. The molecule has 1 aromatic heterocycles. The fraction of sp³-hybridized carbons (Fsp3) is 0.333. The van der Waals surface area contributed by atoms with Crippen molar-refractivity contribution in [1.29, 1.82) is 0 Å². The molecule has 0 aliphatic carbocycles. The van der Waals surface area contributed by atoms with E-state index in [2.05, 4.69) is 47.8 Å². The summed E-state index contributed by atoms with van der Waals surface area (Å²) in [5.41, 5.74) is 0.905. The molecule has 1 atom stereocenters. The number of aliphatic hydroxyl groups is 1. The Morgan fingerprint density at radius 1 is 1.27 bits per heavy atom. The number of rotatable bonds is 1. The average Bonchev–Trinajstić information content (AvgIpc) is 2.07. The highest BCUT2D eigenvalue weighted by molar-refractivity contribution is 9.14. The molecule has 1 heterocycles. The molecule has 11 heavy (non-hydrogen) atoms. The molecular formula is C6H5Br3OS. The van der Waals surface area contributed by atoms with E-state index in [0.29, 0.717) is 0 Å². The van der Waals surface area contributed by atoms with E-state index in [9.17, 15) is 5.11 Å². The van der Waals surface area contributed by atoms with E-state index in [0.717, 1.165) is 17.6 Å². The van der Waals surface area contributed by atoms with Crippen molar-refractivity contribution >= 4 is 59.1 Å². The van der Waals surface area contributed by atoms with E-state index in [1.54, 1.807) is 18.3 Å². The lowest BCUT2D eigenvalue weighted by atomic mass is 10.2. The molecule has 0 aromatic carbocycles. The molecule has 1 unspecified atom stereocenters. The molecule has 0 saturated carbocycles. The Labute approximate surface area is 94.2 Å². The zero-order valence-electron chi connectivity index (χ0n) is 5.57. The van der Waals surface area contributed by atoms with Crippen molar-refractivity contribution < 1.29 is 5.11 Å². The van der Waals surface area contributed by atoms with Crippen LogP contribution < -0.4 is 0 Å². The minimum absolute atomic E-state index is 0.443. The maximum Gasteiger partial charge on any atom is 0.0856 e. The van der Waals surface area contributed by atoms with Gasteiger partial charge in [0.2, 0.25) is 0 Å². The van der Waals surface area contributed by atoms with Crippen molar-refractivity contribution in [2.45, 2.75) is 13.0 Å². The fourth-order valence-corrected chi connectivity index (χ4v) is 4.99. The standard InChI is InChI=1S/C6H5Br3OS/c1-2(10)3-4(7)6(9)11-5(3)8/h2,10H,1H3. The normalized spacial score (nSPS) is 13.5. The van der Waals surface area contributed by atoms with Crippen LogP contribution in [0.2, 0.25) is 0 Å². The molecule has 5 heteroatoms. The van der Waals surface area contributed by atoms with Crippen LogP contribution in [0.15, 0.2) is 12.0 Å². The first-order chi connectivity index (χ1) is 5.04. The minimum atomic E-state index is -0.443. The van der Waals surface area contributed by atoms with Crippen LogP contribution in [0.3, 0.4) is 0 Å². The SMILES string of the molecule is CC(O)c1c(Br)sc(Br)c1Br. The average molecular weight is 365 g/mol. The molecule has 0 fully saturated rings. The van der Waals surface area contributed by atoms with Crippen LogP contribution in [0.4, 0.5) is 0 Å². The van der Waals surface area contributed by atoms with Gasteiger partial charge < -0.3 is 5.11 Å². The van der Waals surface area contributed by atoms with E-state index >= 15 is 0 Å². The molecule has 0 saturated heterocycles. The van der Waals surface area contributed by atoms with Crippen molar-refractivity contribution in [1.82, 2.24) is 0 Å². The summed E-state index contributed by atoms with van der Waals surface area (Å²) in [5, 5.41) is 9.32. The highest BCUT2D eigenvalue weighted by Gasteiger charge is 2.16. The monoisotopic (exact) mass is 362 g/mol. The van der Waals surface area contributed by atoms with Crippen LogP contribution in [-0.2, 0) is 0 Å². The summed E-state index contributed by atoms with van der Waals surface area (Å²) in [4.78, 5) is 0.